The van der Waals surface area contributed by atoms with Gasteiger partial charge in [-0.05, 0) is 59.7 Å². The minimum Gasteiger partial charge on any atom is -0.497 e. The number of carboxylic acids is 1. The van der Waals surface area contributed by atoms with E-state index in [1.807, 2.05) is 0 Å². The smallest absolute Gasteiger partial charge is 0.336 e. The number of benzene rings is 3. The number of methoxy groups -OCH3 is 1. The van der Waals surface area contributed by atoms with Crippen molar-refractivity contribution in [2.45, 2.75) is 6.42 Å². The van der Waals surface area contributed by atoms with Crippen molar-refractivity contribution < 1.29 is 28.9 Å². The molecule has 4 rings (SSSR count). The highest BCUT2D eigenvalue weighted by atomic mass is 16.7. The van der Waals surface area contributed by atoms with E-state index in [1.54, 1.807) is 66.7 Å². The van der Waals surface area contributed by atoms with Gasteiger partial charge in [0.25, 0.3) is 0 Å². The second kappa shape index (κ2) is 8.85. The number of nitrogens with two attached hydrogens (primary N) is 1. The largest absolute Gasteiger partial charge is 0.497 e. The molecule has 1 aliphatic heterocycles. The molecule has 32 heavy (non-hydrogen) atoms. The van der Waals surface area contributed by atoms with Crippen molar-refractivity contribution in [1.82, 2.24) is 0 Å². The van der Waals surface area contributed by atoms with Crippen molar-refractivity contribution in [2.75, 3.05) is 19.6 Å². The molecule has 7 nitrogen and oxygen atoms in total. The fourth-order valence-electron chi connectivity index (χ4n) is 3.58. The maximum atomic E-state index is 13.5. The van der Waals surface area contributed by atoms with E-state index in [2.05, 4.69) is 0 Å². The summed E-state index contributed by atoms with van der Waals surface area (Å²) in [6.45, 7) is 0.0613. The number of carboxylic acid groups (broad SMARTS) is 1. The summed E-state index contributed by atoms with van der Waals surface area (Å²) in [7, 11) is 1.53. The molecule has 3 aromatic rings. The SMILES string of the molecule is COc1ccc(C(=O)/C(Cc2cccc(N)c2)=C(\C(=O)O)c2ccc3c(c2)OCO3)cc1. The number of nitrogen functional groups attached to an aromatic ring is 1. The molecule has 0 amide bonds. The number of ketones is 1. The number of fused-ring (bicyclic) bond motifs is 1. The number of allylic oxidation sites excluding steroid dienone is 1. The first-order valence-corrected chi connectivity index (χ1v) is 9.86. The second-order valence-electron chi connectivity index (χ2n) is 7.21. The zero-order valence-electron chi connectivity index (χ0n) is 17.3. The summed E-state index contributed by atoms with van der Waals surface area (Å²) in [5, 5.41) is 10.1. The van der Waals surface area contributed by atoms with Crippen molar-refractivity contribution >= 4 is 23.0 Å². The van der Waals surface area contributed by atoms with Gasteiger partial charge >= 0.3 is 5.97 Å². The molecule has 3 N–H and O–H groups in total. The van der Waals surface area contributed by atoms with Crippen LogP contribution in [0.25, 0.3) is 5.57 Å². The first kappa shape index (κ1) is 21.0. The summed E-state index contributed by atoms with van der Waals surface area (Å²) < 4.78 is 15.9. The molecule has 1 aliphatic rings. The van der Waals surface area contributed by atoms with E-state index in [4.69, 9.17) is 19.9 Å². The number of aliphatic carboxylic acids is 1. The maximum Gasteiger partial charge on any atom is 0.336 e. The predicted octanol–water partition coefficient (Wildman–Crippen LogP) is 3.97. The molecule has 0 spiro atoms. The van der Waals surface area contributed by atoms with Crippen molar-refractivity contribution in [3.63, 3.8) is 0 Å². The topological polar surface area (TPSA) is 108 Å². The Labute approximate surface area is 184 Å². The van der Waals surface area contributed by atoms with E-state index < -0.39 is 11.8 Å². The molecular formula is C25H21NO6. The highest BCUT2D eigenvalue weighted by Crippen LogP contribution is 2.36. The molecular weight excluding hydrogens is 410 g/mol. The van der Waals surface area contributed by atoms with Gasteiger partial charge in [-0.1, -0.05) is 18.2 Å². The minimum absolute atomic E-state index is 0.0613. The van der Waals surface area contributed by atoms with E-state index in [9.17, 15) is 14.7 Å². The maximum absolute atomic E-state index is 13.5. The van der Waals surface area contributed by atoms with Crippen LogP contribution < -0.4 is 19.9 Å². The fraction of sp³-hybridized carbons (Fsp3) is 0.120. The second-order valence-corrected chi connectivity index (χ2v) is 7.21. The monoisotopic (exact) mass is 431 g/mol. The van der Waals surface area contributed by atoms with Crippen LogP contribution in [0.2, 0.25) is 0 Å². The van der Waals surface area contributed by atoms with Crippen LogP contribution >= 0.6 is 0 Å². The van der Waals surface area contributed by atoms with Crippen LogP contribution in [0.4, 0.5) is 5.69 Å². The Morgan fingerprint density at radius 1 is 0.969 bits per heavy atom. The number of hydrogen-bond acceptors (Lipinski definition) is 6. The molecule has 7 heteroatoms. The standard InChI is InChI=1S/C25H21NO6/c1-30-19-8-5-16(6-9-19)24(27)20(12-15-3-2-4-18(26)11-15)23(25(28)29)17-7-10-21-22(13-17)32-14-31-21/h2-11,13H,12,14,26H2,1H3,(H,28,29)/b23-20-. The first-order chi connectivity index (χ1) is 15.5. The zero-order valence-corrected chi connectivity index (χ0v) is 17.3. The summed E-state index contributed by atoms with van der Waals surface area (Å²) in [5.74, 6) is -0.0641. The van der Waals surface area contributed by atoms with Gasteiger partial charge in [0.1, 0.15) is 5.75 Å². The molecule has 3 aromatic carbocycles. The van der Waals surface area contributed by atoms with E-state index >= 15 is 0 Å². The molecule has 0 aromatic heterocycles. The Bertz CT molecular complexity index is 1210. The normalized spacial score (nSPS) is 12.8. The van der Waals surface area contributed by atoms with Gasteiger partial charge in [-0.3, -0.25) is 4.79 Å². The van der Waals surface area contributed by atoms with Crippen LogP contribution in [-0.4, -0.2) is 30.8 Å². The lowest BCUT2D eigenvalue weighted by atomic mass is 9.89. The van der Waals surface area contributed by atoms with Crippen LogP contribution in [-0.2, 0) is 11.2 Å². The average molecular weight is 431 g/mol. The third kappa shape index (κ3) is 4.27. The van der Waals surface area contributed by atoms with Gasteiger partial charge < -0.3 is 25.1 Å². The third-order valence-electron chi connectivity index (χ3n) is 5.14. The molecule has 162 valence electrons. The van der Waals surface area contributed by atoms with Crippen molar-refractivity contribution in [3.8, 4) is 17.2 Å². The fourth-order valence-corrected chi connectivity index (χ4v) is 3.58. The Morgan fingerprint density at radius 3 is 2.38 bits per heavy atom. The molecule has 0 atom stereocenters. The minimum atomic E-state index is -1.22. The molecule has 0 bridgehead atoms. The zero-order chi connectivity index (χ0) is 22.7. The van der Waals surface area contributed by atoms with Crippen LogP contribution in [0, 0.1) is 0 Å². The summed E-state index contributed by atoms with van der Waals surface area (Å²) >= 11 is 0. The van der Waals surface area contributed by atoms with E-state index in [0.717, 1.165) is 5.56 Å². The summed E-state index contributed by atoms with van der Waals surface area (Å²) in [5.41, 5.74) is 7.88. The summed E-state index contributed by atoms with van der Waals surface area (Å²) in [4.78, 5) is 25.9. The summed E-state index contributed by atoms with van der Waals surface area (Å²) in [6.07, 6.45) is 0.0893. The Morgan fingerprint density at radius 2 is 1.69 bits per heavy atom. The van der Waals surface area contributed by atoms with E-state index in [-0.39, 0.29) is 24.4 Å². The Kier molecular flexibility index (Phi) is 5.81. The lowest BCUT2D eigenvalue weighted by Gasteiger charge is -2.14. The van der Waals surface area contributed by atoms with Crippen molar-refractivity contribution in [3.05, 3.63) is 89.0 Å². The Balaban J connectivity index is 1.87. The highest BCUT2D eigenvalue weighted by molar-refractivity contribution is 6.26. The number of hydrogen-bond donors (Lipinski definition) is 2. The molecule has 0 radical (unpaired) electrons. The number of carbonyl (C=O) groups is 2. The number of anilines is 1. The Hall–Kier alpha value is -4.26. The van der Waals surface area contributed by atoms with E-state index in [1.165, 1.54) is 7.11 Å². The number of ether oxygens (including phenoxy) is 3. The molecule has 1 heterocycles. The molecule has 0 saturated carbocycles. The average Bonchev–Trinajstić information content (AvgIpc) is 3.26. The summed E-state index contributed by atoms with van der Waals surface area (Å²) in [6, 6.07) is 18.4. The van der Waals surface area contributed by atoms with Gasteiger partial charge in [0.15, 0.2) is 17.3 Å². The predicted molar refractivity (Wildman–Crippen MR) is 119 cm³/mol. The van der Waals surface area contributed by atoms with Gasteiger partial charge in [-0.2, -0.15) is 0 Å². The highest BCUT2D eigenvalue weighted by Gasteiger charge is 2.25. The molecule has 0 aliphatic carbocycles. The van der Waals surface area contributed by atoms with Crippen molar-refractivity contribution in [1.29, 1.82) is 0 Å². The lowest BCUT2D eigenvalue weighted by molar-refractivity contribution is -0.130. The number of carbonyl (C=O) groups excluding carboxylic acids is 1. The molecule has 0 fully saturated rings. The van der Waals surface area contributed by atoms with Crippen LogP contribution in [0.3, 0.4) is 0 Å². The van der Waals surface area contributed by atoms with Crippen molar-refractivity contribution in [2.24, 2.45) is 0 Å². The van der Waals surface area contributed by atoms with Crippen LogP contribution in [0.1, 0.15) is 21.5 Å². The van der Waals surface area contributed by atoms with Gasteiger partial charge in [-0.25, -0.2) is 4.79 Å². The molecule has 0 saturated heterocycles. The quantitative estimate of drug-likeness (QED) is 0.331. The van der Waals surface area contributed by atoms with Gasteiger partial charge in [-0.15, -0.1) is 0 Å². The lowest BCUT2D eigenvalue weighted by Crippen LogP contribution is -2.14. The van der Waals surface area contributed by atoms with Crippen LogP contribution in [0.15, 0.2) is 72.3 Å². The third-order valence-corrected chi connectivity index (χ3v) is 5.14. The van der Waals surface area contributed by atoms with E-state index in [0.29, 0.717) is 34.1 Å². The first-order valence-electron chi connectivity index (χ1n) is 9.86. The number of Topliss-reactive ketones (excluding diaryl/α,β-unsaturated/α-hetero) is 1. The number of rotatable bonds is 7. The van der Waals surface area contributed by atoms with Gasteiger partial charge in [0.05, 0.1) is 12.7 Å². The van der Waals surface area contributed by atoms with Crippen LogP contribution in [0.5, 0.6) is 17.2 Å². The van der Waals surface area contributed by atoms with Gasteiger partial charge in [0, 0.05) is 23.2 Å². The molecule has 0 unspecified atom stereocenters. The van der Waals surface area contributed by atoms with Gasteiger partial charge in [0.2, 0.25) is 6.79 Å².